The highest BCUT2D eigenvalue weighted by Crippen LogP contribution is 2.34. The van der Waals surface area contributed by atoms with Crippen LogP contribution in [0.1, 0.15) is 31.2 Å². The molecule has 15 heavy (non-hydrogen) atoms. The molecule has 3 N–H and O–H groups in total. The zero-order chi connectivity index (χ0) is 10.9. The van der Waals surface area contributed by atoms with Crippen LogP contribution in [0.3, 0.4) is 0 Å². The maximum absolute atomic E-state index is 12.6. The predicted octanol–water partition coefficient (Wildman–Crippen LogP) is 1.31. The van der Waals surface area contributed by atoms with Gasteiger partial charge < -0.3 is 10.8 Å². The van der Waals surface area contributed by atoms with Gasteiger partial charge in [0.15, 0.2) is 0 Å². The second-order valence-electron chi connectivity index (χ2n) is 4.26. The monoisotopic (exact) mass is 210 g/mol. The minimum Gasteiger partial charge on any atom is -0.393 e. The van der Waals surface area contributed by atoms with Crippen molar-refractivity contribution in [3.63, 3.8) is 0 Å². The molecule has 1 aromatic heterocycles. The summed E-state index contributed by atoms with van der Waals surface area (Å²) < 4.78 is 12.6. The third-order valence-corrected chi connectivity index (χ3v) is 3.15. The van der Waals surface area contributed by atoms with Gasteiger partial charge in [0.25, 0.3) is 0 Å². The number of aliphatic hydroxyl groups excluding tert-OH is 1. The maximum atomic E-state index is 12.6. The number of nitrogens with zero attached hydrogens (tertiary/aromatic N) is 1. The highest BCUT2D eigenvalue weighted by Gasteiger charge is 2.32. The Bertz CT molecular complexity index is 331. The first-order valence-corrected chi connectivity index (χ1v) is 5.19. The molecule has 0 aliphatic heterocycles. The zero-order valence-corrected chi connectivity index (χ0v) is 8.49. The Labute approximate surface area is 88.1 Å². The van der Waals surface area contributed by atoms with Crippen molar-refractivity contribution in [2.75, 3.05) is 0 Å². The third-order valence-electron chi connectivity index (χ3n) is 3.15. The molecule has 0 bridgehead atoms. The molecule has 2 rings (SSSR count). The fourth-order valence-electron chi connectivity index (χ4n) is 2.08. The van der Waals surface area contributed by atoms with Crippen LogP contribution in [0.2, 0.25) is 0 Å². The van der Waals surface area contributed by atoms with Crippen LogP contribution in [-0.2, 0) is 5.54 Å². The summed E-state index contributed by atoms with van der Waals surface area (Å²) in [6, 6.07) is 3.01. The third kappa shape index (κ3) is 2.16. The number of pyridine rings is 1. The van der Waals surface area contributed by atoms with Gasteiger partial charge in [-0.25, -0.2) is 4.98 Å². The van der Waals surface area contributed by atoms with Crippen molar-refractivity contribution in [3.05, 3.63) is 29.8 Å². The molecular formula is C11H15FN2O. The van der Waals surface area contributed by atoms with Crippen molar-refractivity contribution in [1.29, 1.82) is 0 Å². The maximum Gasteiger partial charge on any atom is 0.212 e. The van der Waals surface area contributed by atoms with Gasteiger partial charge in [-0.3, -0.25) is 0 Å². The summed E-state index contributed by atoms with van der Waals surface area (Å²) in [5, 5.41) is 9.40. The Morgan fingerprint density at radius 1 is 1.40 bits per heavy atom. The lowest BCUT2D eigenvalue weighted by molar-refractivity contribution is 0.0967. The number of aromatic nitrogens is 1. The fraction of sp³-hybridized carbons (Fsp3) is 0.545. The molecule has 0 amide bonds. The molecule has 0 radical (unpaired) electrons. The van der Waals surface area contributed by atoms with Crippen LogP contribution in [-0.4, -0.2) is 16.2 Å². The molecule has 4 heteroatoms. The lowest BCUT2D eigenvalue weighted by atomic mass is 9.77. The van der Waals surface area contributed by atoms with Gasteiger partial charge >= 0.3 is 0 Å². The summed E-state index contributed by atoms with van der Waals surface area (Å²) in [7, 11) is 0. The second kappa shape index (κ2) is 3.87. The zero-order valence-electron chi connectivity index (χ0n) is 8.49. The van der Waals surface area contributed by atoms with Gasteiger partial charge in [-0.05, 0) is 37.3 Å². The van der Waals surface area contributed by atoms with E-state index in [9.17, 15) is 9.50 Å². The smallest absolute Gasteiger partial charge is 0.212 e. The van der Waals surface area contributed by atoms with Crippen LogP contribution in [0.5, 0.6) is 0 Å². The van der Waals surface area contributed by atoms with E-state index < -0.39 is 11.5 Å². The Morgan fingerprint density at radius 3 is 2.60 bits per heavy atom. The van der Waals surface area contributed by atoms with Crippen LogP contribution in [0.15, 0.2) is 18.3 Å². The molecule has 1 aromatic rings. The summed E-state index contributed by atoms with van der Waals surface area (Å²) >= 11 is 0. The lowest BCUT2D eigenvalue weighted by Gasteiger charge is -2.35. The molecule has 3 nitrogen and oxygen atoms in total. The topological polar surface area (TPSA) is 59.1 Å². The van der Waals surface area contributed by atoms with E-state index in [1.807, 2.05) is 0 Å². The van der Waals surface area contributed by atoms with Crippen LogP contribution in [0.25, 0.3) is 0 Å². The van der Waals surface area contributed by atoms with Gasteiger partial charge in [-0.15, -0.1) is 0 Å². The minimum absolute atomic E-state index is 0.241. The molecule has 0 unspecified atom stereocenters. The first-order chi connectivity index (χ1) is 7.10. The number of hydrogen-bond donors (Lipinski definition) is 2. The van der Waals surface area contributed by atoms with E-state index in [1.165, 1.54) is 12.3 Å². The Balaban J connectivity index is 2.18. The van der Waals surface area contributed by atoms with E-state index in [1.54, 1.807) is 6.07 Å². The van der Waals surface area contributed by atoms with Gasteiger partial charge in [0, 0.05) is 11.7 Å². The Hall–Kier alpha value is -1.00. The number of halogens is 1. The Kier molecular flexibility index (Phi) is 2.71. The largest absolute Gasteiger partial charge is 0.393 e. The van der Waals surface area contributed by atoms with Gasteiger partial charge in [0.05, 0.1) is 6.10 Å². The highest BCUT2D eigenvalue weighted by atomic mass is 19.1. The van der Waals surface area contributed by atoms with Crippen molar-refractivity contribution in [2.45, 2.75) is 37.3 Å². The van der Waals surface area contributed by atoms with E-state index in [0.717, 1.165) is 18.4 Å². The molecule has 0 saturated heterocycles. The van der Waals surface area contributed by atoms with E-state index in [0.29, 0.717) is 12.8 Å². The first-order valence-electron chi connectivity index (χ1n) is 5.19. The van der Waals surface area contributed by atoms with Crippen molar-refractivity contribution in [1.82, 2.24) is 4.98 Å². The SMILES string of the molecule is NC1(c2ccc(F)nc2)CCC(O)CC1. The molecule has 82 valence electrons. The average molecular weight is 210 g/mol. The van der Waals surface area contributed by atoms with Gasteiger partial charge in [-0.2, -0.15) is 4.39 Å². The van der Waals surface area contributed by atoms with Crippen LogP contribution in [0.4, 0.5) is 4.39 Å². The molecule has 0 aromatic carbocycles. The number of rotatable bonds is 1. The number of hydrogen-bond acceptors (Lipinski definition) is 3. The molecule has 1 heterocycles. The highest BCUT2D eigenvalue weighted by molar-refractivity contribution is 5.21. The Morgan fingerprint density at radius 2 is 2.07 bits per heavy atom. The first kappa shape index (κ1) is 10.5. The molecule has 1 aliphatic rings. The normalized spacial score (nSPS) is 31.5. The predicted molar refractivity (Wildman–Crippen MR) is 54.5 cm³/mol. The van der Waals surface area contributed by atoms with Crippen LogP contribution < -0.4 is 5.73 Å². The summed E-state index contributed by atoms with van der Waals surface area (Å²) in [5.41, 5.74) is 6.63. The molecular weight excluding hydrogens is 195 g/mol. The van der Waals surface area contributed by atoms with Crippen LogP contribution in [0, 0.1) is 5.95 Å². The van der Waals surface area contributed by atoms with Crippen molar-refractivity contribution in [3.8, 4) is 0 Å². The molecule has 1 aliphatic carbocycles. The van der Waals surface area contributed by atoms with E-state index in [2.05, 4.69) is 4.98 Å². The van der Waals surface area contributed by atoms with Crippen molar-refractivity contribution in [2.24, 2.45) is 5.73 Å². The summed E-state index contributed by atoms with van der Waals surface area (Å²) in [4.78, 5) is 3.61. The van der Waals surface area contributed by atoms with Crippen LogP contribution >= 0.6 is 0 Å². The molecule has 0 spiro atoms. The quantitative estimate of drug-likeness (QED) is 0.687. The van der Waals surface area contributed by atoms with Crippen molar-refractivity contribution >= 4 is 0 Å². The average Bonchev–Trinajstić information content (AvgIpc) is 2.24. The molecule has 1 fully saturated rings. The second-order valence-corrected chi connectivity index (χ2v) is 4.26. The van der Waals surface area contributed by atoms with Crippen molar-refractivity contribution < 1.29 is 9.50 Å². The summed E-state index contributed by atoms with van der Waals surface area (Å²) in [6.07, 6.45) is 4.10. The van der Waals surface area contributed by atoms with E-state index in [-0.39, 0.29) is 6.10 Å². The van der Waals surface area contributed by atoms with Gasteiger partial charge in [0.1, 0.15) is 0 Å². The number of nitrogens with two attached hydrogens (primary N) is 1. The fourth-order valence-corrected chi connectivity index (χ4v) is 2.08. The lowest BCUT2D eigenvalue weighted by Crippen LogP contribution is -2.41. The van der Waals surface area contributed by atoms with E-state index in [4.69, 9.17) is 5.73 Å². The summed E-state index contributed by atoms with van der Waals surface area (Å²) in [6.45, 7) is 0. The molecule has 1 saturated carbocycles. The van der Waals surface area contributed by atoms with Gasteiger partial charge in [-0.1, -0.05) is 6.07 Å². The minimum atomic E-state index is -0.488. The number of aliphatic hydroxyl groups is 1. The summed E-state index contributed by atoms with van der Waals surface area (Å²) in [5.74, 6) is -0.488. The molecule has 0 atom stereocenters. The standard InChI is InChI=1S/C11H15FN2O/c12-10-2-1-8(7-14-10)11(13)5-3-9(15)4-6-11/h1-2,7,9,15H,3-6,13H2. The van der Waals surface area contributed by atoms with E-state index >= 15 is 0 Å². The van der Waals surface area contributed by atoms with Gasteiger partial charge in [0.2, 0.25) is 5.95 Å².